The number of hydrogen-bond acceptors (Lipinski definition) is 3. The van der Waals surface area contributed by atoms with Gasteiger partial charge in [0.2, 0.25) is 0 Å². The average Bonchev–Trinajstić information content (AvgIpc) is 2.34. The number of nitrogens with one attached hydrogen (secondary N) is 1. The second-order valence-corrected chi connectivity index (χ2v) is 5.26. The zero-order chi connectivity index (χ0) is 14.3. The summed E-state index contributed by atoms with van der Waals surface area (Å²) >= 11 is 12.0. The summed E-state index contributed by atoms with van der Waals surface area (Å²) in [7, 11) is 0. The Kier molecular flexibility index (Phi) is 7.42. The summed E-state index contributed by atoms with van der Waals surface area (Å²) in [5, 5.41) is 4.56. The molecule has 0 radical (unpaired) electrons. The highest BCUT2D eigenvalue weighted by atomic mass is 35.5. The fourth-order valence-electron chi connectivity index (χ4n) is 1.66. The molecule has 0 saturated carbocycles. The minimum Gasteiger partial charge on any atom is -0.376 e. The number of nitrogens with two attached hydrogens (primary N) is 1. The number of hydrogen-bond donors (Lipinski definition) is 2. The summed E-state index contributed by atoms with van der Waals surface area (Å²) in [6.45, 7) is 8.06. The van der Waals surface area contributed by atoms with Crippen LogP contribution >= 0.6 is 23.2 Å². The van der Waals surface area contributed by atoms with Gasteiger partial charge in [-0.25, -0.2) is 0 Å². The Hall–Kier alpha value is -0.580. The Labute approximate surface area is 124 Å². The lowest BCUT2D eigenvalue weighted by atomic mass is 10.1. The Morgan fingerprint density at radius 2 is 2.21 bits per heavy atom. The van der Waals surface area contributed by atoms with E-state index in [1.54, 1.807) is 6.07 Å². The maximum atomic E-state index is 6.16. The smallest absolute Gasteiger partial charge is 0.0672 e. The minimum atomic E-state index is -0.00167. The van der Waals surface area contributed by atoms with Gasteiger partial charge in [-0.1, -0.05) is 41.4 Å². The Bertz CT molecular complexity index is 424. The third-order valence-corrected chi connectivity index (χ3v) is 3.12. The molecule has 0 aliphatic carbocycles. The lowest BCUT2D eigenvalue weighted by Crippen LogP contribution is -2.31. The molecule has 3 N–H and O–H groups in total. The normalized spacial score (nSPS) is 12.4. The Morgan fingerprint density at radius 3 is 2.79 bits per heavy atom. The van der Waals surface area contributed by atoms with Crippen LogP contribution in [-0.4, -0.2) is 26.3 Å². The molecule has 0 aromatic heterocycles. The largest absolute Gasteiger partial charge is 0.376 e. The van der Waals surface area contributed by atoms with E-state index in [9.17, 15) is 0 Å². The van der Waals surface area contributed by atoms with Crippen LogP contribution in [0.3, 0.4) is 0 Å². The van der Waals surface area contributed by atoms with E-state index >= 15 is 0 Å². The van der Waals surface area contributed by atoms with Crippen molar-refractivity contribution in [2.45, 2.75) is 13.0 Å². The summed E-state index contributed by atoms with van der Waals surface area (Å²) in [5.74, 6) is 0. The molecule has 19 heavy (non-hydrogen) atoms. The molecule has 5 heteroatoms. The maximum absolute atomic E-state index is 6.16. The molecule has 0 spiro atoms. The van der Waals surface area contributed by atoms with E-state index < -0.39 is 0 Å². The molecule has 0 amide bonds. The summed E-state index contributed by atoms with van der Waals surface area (Å²) in [5.41, 5.74) is 7.73. The van der Waals surface area contributed by atoms with Crippen LogP contribution in [-0.2, 0) is 4.74 Å². The van der Waals surface area contributed by atoms with Gasteiger partial charge < -0.3 is 15.8 Å². The van der Waals surface area contributed by atoms with E-state index in [-0.39, 0.29) is 6.04 Å². The number of ether oxygens (including phenoxy) is 1. The molecule has 1 rings (SSSR count). The van der Waals surface area contributed by atoms with Crippen LogP contribution in [0.25, 0.3) is 0 Å². The average molecular weight is 303 g/mol. The van der Waals surface area contributed by atoms with E-state index in [1.807, 2.05) is 19.1 Å². The van der Waals surface area contributed by atoms with E-state index in [0.717, 1.165) is 11.1 Å². The first-order valence-electron chi connectivity index (χ1n) is 6.15. The van der Waals surface area contributed by atoms with Crippen molar-refractivity contribution in [2.75, 3.05) is 26.3 Å². The monoisotopic (exact) mass is 302 g/mol. The van der Waals surface area contributed by atoms with Crippen LogP contribution in [0.15, 0.2) is 30.4 Å². The molecular formula is C14H20Cl2N2O. The van der Waals surface area contributed by atoms with E-state index in [0.29, 0.717) is 36.3 Å². The van der Waals surface area contributed by atoms with Gasteiger partial charge >= 0.3 is 0 Å². The van der Waals surface area contributed by atoms with Gasteiger partial charge in [0.05, 0.1) is 13.2 Å². The van der Waals surface area contributed by atoms with Crippen LogP contribution in [0.1, 0.15) is 18.5 Å². The topological polar surface area (TPSA) is 47.3 Å². The fraction of sp³-hybridized carbons (Fsp3) is 0.429. The lowest BCUT2D eigenvalue weighted by molar-refractivity contribution is 0.155. The molecule has 1 atom stereocenters. The highest BCUT2D eigenvalue weighted by Gasteiger charge is 2.12. The Morgan fingerprint density at radius 1 is 1.47 bits per heavy atom. The van der Waals surface area contributed by atoms with Crippen molar-refractivity contribution < 1.29 is 4.74 Å². The van der Waals surface area contributed by atoms with Gasteiger partial charge in [0.15, 0.2) is 0 Å². The van der Waals surface area contributed by atoms with Crippen molar-refractivity contribution in [3.8, 4) is 0 Å². The first kappa shape index (κ1) is 16.5. The number of benzene rings is 1. The summed E-state index contributed by atoms with van der Waals surface area (Å²) in [4.78, 5) is 0. The van der Waals surface area contributed by atoms with Crippen molar-refractivity contribution in [1.82, 2.24) is 5.32 Å². The molecule has 3 nitrogen and oxygen atoms in total. The van der Waals surface area contributed by atoms with Crippen molar-refractivity contribution in [2.24, 2.45) is 5.73 Å². The highest BCUT2D eigenvalue weighted by Crippen LogP contribution is 2.25. The summed E-state index contributed by atoms with van der Waals surface area (Å²) in [6, 6.07) is 5.42. The second kappa shape index (κ2) is 8.56. The van der Waals surface area contributed by atoms with Crippen molar-refractivity contribution >= 4 is 23.2 Å². The first-order chi connectivity index (χ1) is 9.04. The molecule has 1 aromatic carbocycles. The van der Waals surface area contributed by atoms with E-state index in [4.69, 9.17) is 33.7 Å². The lowest BCUT2D eigenvalue weighted by Gasteiger charge is -2.18. The molecular weight excluding hydrogens is 283 g/mol. The SMILES string of the molecule is C=C(C)COCCNC(CN)c1ccc(Cl)cc1Cl. The molecule has 1 aromatic rings. The van der Waals surface area contributed by atoms with Crippen LogP contribution in [0, 0.1) is 0 Å². The minimum absolute atomic E-state index is 0.00167. The van der Waals surface area contributed by atoms with Gasteiger partial charge in [-0.05, 0) is 24.6 Å². The van der Waals surface area contributed by atoms with Gasteiger partial charge in [-0.2, -0.15) is 0 Å². The molecule has 0 heterocycles. The third kappa shape index (κ3) is 5.93. The number of rotatable bonds is 8. The standard InChI is InChI=1S/C14H20Cl2N2O/c1-10(2)9-19-6-5-18-14(8-17)12-4-3-11(15)7-13(12)16/h3-4,7,14,18H,1,5-6,8-9,17H2,2H3. The molecule has 0 saturated heterocycles. The van der Waals surface area contributed by atoms with Crippen LogP contribution in [0.5, 0.6) is 0 Å². The van der Waals surface area contributed by atoms with Gasteiger partial charge in [-0.15, -0.1) is 0 Å². The Balaban J connectivity index is 2.47. The van der Waals surface area contributed by atoms with Crippen LogP contribution in [0.4, 0.5) is 0 Å². The summed E-state index contributed by atoms with van der Waals surface area (Å²) in [6.07, 6.45) is 0. The van der Waals surface area contributed by atoms with Gasteiger partial charge in [0, 0.05) is 29.2 Å². The molecule has 1 unspecified atom stereocenters. The molecule has 0 bridgehead atoms. The quantitative estimate of drug-likeness (QED) is 0.573. The summed E-state index contributed by atoms with van der Waals surface area (Å²) < 4.78 is 5.42. The van der Waals surface area contributed by atoms with Crippen molar-refractivity contribution in [1.29, 1.82) is 0 Å². The predicted octanol–water partition coefficient (Wildman–Crippen LogP) is 3.18. The first-order valence-corrected chi connectivity index (χ1v) is 6.90. The molecule has 0 aliphatic heterocycles. The zero-order valence-corrected chi connectivity index (χ0v) is 12.6. The van der Waals surface area contributed by atoms with Gasteiger partial charge in [-0.3, -0.25) is 0 Å². The van der Waals surface area contributed by atoms with Crippen molar-refractivity contribution in [3.63, 3.8) is 0 Å². The zero-order valence-electron chi connectivity index (χ0n) is 11.1. The molecule has 106 valence electrons. The van der Waals surface area contributed by atoms with Gasteiger partial charge in [0.1, 0.15) is 0 Å². The van der Waals surface area contributed by atoms with Crippen LogP contribution < -0.4 is 11.1 Å². The fourth-order valence-corrected chi connectivity index (χ4v) is 2.20. The van der Waals surface area contributed by atoms with E-state index in [1.165, 1.54) is 0 Å². The highest BCUT2D eigenvalue weighted by molar-refractivity contribution is 6.35. The number of halogens is 2. The predicted molar refractivity (Wildman–Crippen MR) is 81.9 cm³/mol. The van der Waals surface area contributed by atoms with Crippen molar-refractivity contribution in [3.05, 3.63) is 46.0 Å². The molecule has 0 fully saturated rings. The van der Waals surface area contributed by atoms with Crippen LogP contribution in [0.2, 0.25) is 10.0 Å². The third-order valence-electron chi connectivity index (χ3n) is 2.56. The van der Waals surface area contributed by atoms with Gasteiger partial charge in [0.25, 0.3) is 0 Å². The maximum Gasteiger partial charge on any atom is 0.0672 e. The molecule has 0 aliphatic rings. The second-order valence-electron chi connectivity index (χ2n) is 4.42. The van der Waals surface area contributed by atoms with E-state index in [2.05, 4.69) is 11.9 Å².